The molecule has 1 amide bonds. The second-order valence-electron chi connectivity index (χ2n) is 6.72. The lowest BCUT2D eigenvalue weighted by atomic mass is 10.1. The molecule has 0 atom stereocenters. The Hall–Kier alpha value is -3.55. The lowest BCUT2D eigenvalue weighted by molar-refractivity contribution is -0.124. The van der Waals surface area contributed by atoms with E-state index in [2.05, 4.69) is 10.4 Å². The van der Waals surface area contributed by atoms with E-state index in [1.807, 2.05) is 6.92 Å². The number of nitrogens with one attached hydrogen (secondary N) is 1. The minimum Gasteiger partial charge on any atom is -0.451 e. The summed E-state index contributed by atoms with van der Waals surface area (Å²) < 4.78 is 20.0. The van der Waals surface area contributed by atoms with Crippen LogP contribution in [0.2, 0.25) is 0 Å². The van der Waals surface area contributed by atoms with Gasteiger partial charge in [0.15, 0.2) is 12.3 Å². The van der Waals surface area contributed by atoms with E-state index < -0.39 is 24.3 Å². The van der Waals surface area contributed by atoms with E-state index in [0.29, 0.717) is 22.9 Å². The lowest BCUT2D eigenvalue weighted by Gasteiger charge is -2.11. The maximum Gasteiger partial charge on any atom is 0.359 e. The molecule has 156 valence electrons. The standard InChI is InChI=1S/C22H22FN3O4/c1-2-3-12-26-21(28)17-10-6-5-9-16(17)20(25-26)22(29)30-14-19(27)24-13-15-8-4-7-11-18(15)23/h4-11H,2-3,12-14H2,1H3,(H,24,27). The SMILES string of the molecule is CCCCn1nc(C(=O)OCC(=O)NCc2ccccc2F)c2ccccc2c1=O. The van der Waals surface area contributed by atoms with Crippen molar-refractivity contribution < 1.29 is 18.7 Å². The first-order chi connectivity index (χ1) is 14.5. The quantitative estimate of drug-likeness (QED) is 0.576. The highest BCUT2D eigenvalue weighted by atomic mass is 19.1. The minimum absolute atomic E-state index is 0.0217. The summed E-state index contributed by atoms with van der Waals surface area (Å²) in [4.78, 5) is 37.2. The molecular weight excluding hydrogens is 389 g/mol. The van der Waals surface area contributed by atoms with Crippen LogP contribution >= 0.6 is 0 Å². The van der Waals surface area contributed by atoms with Crippen LogP contribution in [-0.4, -0.2) is 28.3 Å². The van der Waals surface area contributed by atoms with Crippen molar-refractivity contribution in [3.63, 3.8) is 0 Å². The van der Waals surface area contributed by atoms with Crippen molar-refractivity contribution in [3.8, 4) is 0 Å². The topological polar surface area (TPSA) is 90.3 Å². The van der Waals surface area contributed by atoms with E-state index in [-0.39, 0.29) is 17.8 Å². The molecule has 0 aliphatic heterocycles. The van der Waals surface area contributed by atoms with E-state index in [9.17, 15) is 18.8 Å². The van der Waals surface area contributed by atoms with Crippen LogP contribution in [-0.2, 0) is 22.6 Å². The Labute approximate surface area is 172 Å². The number of carbonyl (C=O) groups is 2. The summed E-state index contributed by atoms with van der Waals surface area (Å²) in [5.41, 5.74) is 0.0225. The number of benzene rings is 2. The fourth-order valence-corrected chi connectivity index (χ4v) is 2.93. The number of aromatic nitrogens is 2. The predicted octanol–water partition coefficient (Wildman–Crippen LogP) is 2.81. The van der Waals surface area contributed by atoms with Crippen molar-refractivity contribution in [1.82, 2.24) is 15.1 Å². The summed E-state index contributed by atoms with van der Waals surface area (Å²) in [6, 6.07) is 12.7. The summed E-state index contributed by atoms with van der Waals surface area (Å²) in [6.45, 7) is 1.80. The summed E-state index contributed by atoms with van der Waals surface area (Å²) in [6.07, 6.45) is 1.60. The Morgan fingerprint density at radius 2 is 1.80 bits per heavy atom. The van der Waals surface area contributed by atoms with Gasteiger partial charge in [0.2, 0.25) is 0 Å². The van der Waals surface area contributed by atoms with E-state index in [4.69, 9.17) is 4.74 Å². The fraction of sp³-hybridized carbons (Fsp3) is 0.273. The third kappa shape index (κ3) is 4.89. The number of hydrogen-bond donors (Lipinski definition) is 1. The first-order valence-corrected chi connectivity index (χ1v) is 9.68. The van der Waals surface area contributed by atoms with Gasteiger partial charge in [-0.3, -0.25) is 9.59 Å². The number of esters is 1. The third-order valence-corrected chi connectivity index (χ3v) is 4.55. The molecule has 3 rings (SSSR count). The zero-order valence-electron chi connectivity index (χ0n) is 16.6. The van der Waals surface area contributed by atoms with Crippen molar-refractivity contribution in [1.29, 1.82) is 0 Å². The number of carbonyl (C=O) groups excluding carboxylic acids is 2. The average Bonchev–Trinajstić information content (AvgIpc) is 2.76. The number of halogens is 1. The van der Waals surface area contributed by atoms with Crippen molar-refractivity contribution in [2.75, 3.05) is 6.61 Å². The second-order valence-corrected chi connectivity index (χ2v) is 6.72. The molecule has 0 spiro atoms. The number of nitrogens with zero attached hydrogens (tertiary/aromatic N) is 2. The molecule has 0 aliphatic rings. The minimum atomic E-state index is -0.808. The second kappa shape index (κ2) is 9.78. The summed E-state index contributed by atoms with van der Waals surface area (Å²) >= 11 is 0. The van der Waals surface area contributed by atoms with E-state index in [0.717, 1.165) is 12.8 Å². The van der Waals surface area contributed by atoms with Gasteiger partial charge >= 0.3 is 5.97 Å². The molecule has 2 aromatic carbocycles. The molecule has 1 N–H and O–H groups in total. The zero-order chi connectivity index (χ0) is 21.5. The third-order valence-electron chi connectivity index (χ3n) is 4.55. The highest BCUT2D eigenvalue weighted by molar-refractivity contribution is 6.02. The molecule has 1 aromatic heterocycles. The number of hydrogen-bond acceptors (Lipinski definition) is 5. The molecule has 0 fully saturated rings. The predicted molar refractivity (Wildman–Crippen MR) is 109 cm³/mol. The Bertz CT molecular complexity index is 1130. The fourth-order valence-electron chi connectivity index (χ4n) is 2.93. The van der Waals surface area contributed by atoms with Crippen molar-refractivity contribution >= 4 is 22.6 Å². The van der Waals surface area contributed by atoms with Crippen LogP contribution in [0, 0.1) is 5.82 Å². The van der Waals surface area contributed by atoms with Gasteiger partial charge < -0.3 is 10.1 Å². The van der Waals surface area contributed by atoms with Gasteiger partial charge in [-0.25, -0.2) is 13.9 Å². The molecule has 0 radical (unpaired) electrons. The van der Waals surface area contributed by atoms with Gasteiger partial charge in [0, 0.05) is 24.0 Å². The van der Waals surface area contributed by atoms with Crippen LogP contribution < -0.4 is 10.9 Å². The maximum atomic E-state index is 13.6. The van der Waals surface area contributed by atoms with Crippen molar-refractivity contribution in [2.45, 2.75) is 32.9 Å². The zero-order valence-corrected chi connectivity index (χ0v) is 16.6. The first kappa shape index (κ1) is 21.2. The molecule has 0 saturated heterocycles. The Balaban J connectivity index is 1.71. The molecule has 8 heteroatoms. The number of amides is 1. The smallest absolute Gasteiger partial charge is 0.359 e. The van der Waals surface area contributed by atoms with Crippen LogP contribution in [0.3, 0.4) is 0 Å². The van der Waals surface area contributed by atoms with Crippen molar-refractivity contribution in [3.05, 3.63) is 76.0 Å². The Kier molecular flexibility index (Phi) is 6.90. The molecule has 0 bridgehead atoms. The highest BCUT2D eigenvalue weighted by Crippen LogP contribution is 2.14. The van der Waals surface area contributed by atoms with Crippen LogP contribution in [0.1, 0.15) is 35.8 Å². The summed E-state index contributed by atoms with van der Waals surface area (Å²) in [5, 5.41) is 7.40. The number of unbranched alkanes of at least 4 members (excludes halogenated alkanes) is 1. The molecule has 0 aliphatic carbocycles. The van der Waals surface area contributed by atoms with Gasteiger partial charge in [0.1, 0.15) is 5.82 Å². The van der Waals surface area contributed by atoms with E-state index in [1.165, 1.54) is 10.7 Å². The largest absolute Gasteiger partial charge is 0.451 e. The molecule has 7 nitrogen and oxygen atoms in total. The van der Waals surface area contributed by atoms with Gasteiger partial charge in [-0.1, -0.05) is 49.7 Å². The highest BCUT2D eigenvalue weighted by Gasteiger charge is 2.19. The average molecular weight is 411 g/mol. The number of aryl methyl sites for hydroxylation is 1. The normalized spacial score (nSPS) is 10.7. The Morgan fingerprint density at radius 3 is 2.53 bits per heavy atom. The number of rotatable bonds is 8. The van der Waals surface area contributed by atoms with Crippen LogP contribution in [0.5, 0.6) is 0 Å². The molecule has 0 unspecified atom stereocenters. The van der Waals surface area contributed by atoms with Crippen molar-refractivity contribution in [2.24, 2.45) is 0 Å². The molecule has 3 aromatic rings. The molecular formula is C22H22FN3O4. The van der Waals surface area contributed by atoms with E-state index >= 15 is 0 Å². The molecule has 1 heterocycles. The van der Waals surface area contributed by atoms with Gasteiger partial charge in [0.25, 0.3) is 11.5 Å². The van der Waals surface area contributed by atoms with Crippen LogP contribution in [0.25, 0.3) is 10.8 Å². The molecule has 0 saturated carbocycles. The van der Waals surface area contributed by atoms with Gasteiger partial charge in [-0.05, 0) is 18.6 Å². The van der Waals surface area contributed by atoms with Crippen LogP contribution in [0.4, 0.5) is 4.39 Å². The monoisotopic (exact) mass is 411 g/mol. The van der Waals surface area contributed by atoms with Crippen LogP contribution in [0.15, 0.2) is 53.3 Å². The maximum absolute atomic E-state index is 13.6. The first-order valence-electron chi connectivity index (χ1n) is 9.68. The summed E-state index contributed by atoms with van der Waals surface area (Å²) in [7, 11) is 0. The van der Waals surface area contributed by atoms with Gasteiger partial charge in [0.05, 0.1) is 5.39 Å². The Morgan fingerprint density at radius 1 is 1.10 bits per heavy atom. The van der Waals surface area contributed by atoms with Gasteiger partial charge in [-0.15, -0.1) is 0 Å². The lowest BCUT2D eigenvalue weighted by Crippen LogP contribution is -2.30. The number of fused-ring (bicyclic) bond motifs is 1. The number of ether oxygens (including phenoxy) is 1. The molecule has 30 heavy (non-hydrogen) atoms. The summed E-state index contributed by atoms with van der Waals surface area (Å²) in [5.74, 6) is -1.81. The van der Waals surface area contributed by atoms with Gasteiger partial charge in [-0.2, -0.15) is 5.10 Å². The van der Waals surface area contributed by atoms with E-state index in [1.54, 1.807) is 42.5 Å².